The molecular formula is C8H10N2O4. The monoisotopic (exact) mass is 198 g/mol. The quantitative estimate of drug-likeness (QED) is 0.656. The maximum absolute atomic E-state index is 11.4. The van der Waals surface area contributed by atoms with Gasteiger partial charge in [0.05, 0.1) is 0 Å². The third kappa shape index (κ3) is 1.68. The van der Waals surface area contributed by atoms with Gasteiger partial charge in [0.15, 0.2) is 5.88 Å². The average molecular weight is 198 g/mol. The molecule has 1 rings (SSSR count). The third-order valence-corrected chi connectivity index (χ3v) is 1.75. The number of nitrogens with two attached hydrogens (primary N) is 1. The molecule has 1 heterocycles. The van der Waals surface area contributed by atoms with Gasteiger partial charge in [-0.3, -0.25) is 9.36 Å². The largest absolute Gasteiger partial charge is 0.494 e. The van der Waals surface area contributed by atoms with Crippen LogP contribution in [0.1, 0.15) is 5.56 Å². The molecule has 0 aliphatic carbocycles. The van der Waals surface area contributed by atoms with Crippen molar-refractivity contribution < 1.29 is 14.6 Å². The van der Waals surface area contributed by atoms with E-state index in [1.165, 1.54) is 20.0 Å². The number of primary amides is 1. The molecule has 6 heteroatoms. The zero-order valence-corrected chi connectivity index (χ0v) is 7.77. The summed E-state index contributed by atoms with van der Waals surface area (Å²) in [6.07, 6.45) is -1.06. The summed E-state index contributed by atoms with van der Waals surface area (Å²) in [6.45, 7) is 1.53. The minimum absolute atomic E-state index is 0.169. The fourth-order valence-electron chi connectivity index (χ4n) is 1.01. The summed E-state index contributed by atoms with van der Waals surface area (Å²) >= 11 is 0. The van der Waals surface area contributed by atoms with Gasteiger partial charge in [-0.2, -0.15) is 0 Å². The highest BCUT2D eigenvalue weighted by atomic mass is 16.5. The van der Waals surface area contributed by atoms with Gasteiger partial charge < -0.3 is 15.6 Å². The van der Waals surface area contributed by atoms with E-state index < -0.39 is 11.7 Å². The number of nitrogens with zero attached hydrogens (tertiary/aromatic N) is 1. The molecule has 0 aliphatic heterocycles. The Labute approximate surface area is 79.5 Å². The molecule has 0 saturated heterocycles. The Balaban J connectivity index is 3.37. The van der Waals surface area contributed by atoms with Crippen LogP contribution in [0.5, 0.6) is 11.6 Å². The zero-order valence-electron chi connectivity index (χ0n) is 7.77. The Morgan fingerprint density at radius 3 is 2.71 bits per heavy atom. The number of aromatic nitrogens is 1. The number of aromatic hydroxyl groups is 1. The van der Waals surface area contributed by atoms with Gasteiger partial charge in [-0.05, 0) is 6.92 Å². The van der Waals surface area contributed by atoms with Crippen molar-refractivity contribution in [1.82, 2.24) is 4.57 Å². The normalized spacial score (nSPS) is 9.86. The lowest BCUT2D eigenvalue weighted by molar-refractivity contribution is 0.209. The number of amides is 1. The second kappa shape index (κ2) is 3.41. The summed E-state index contributed by atoms with van der Waals surface area (Å²) < 4.78 is 5.46. The highest BCUT2D eigenvalue weighted by Crippen LogP contribution is 2.16. The summed E-state index contributed by atoms with van der Waals surface area (Å²) in [5.41, 5.74) is 4.52. The first-order chi connectivity index (χ1) is 6.43. The van der Waals surface area contributed by atoms with Crippen LogP contribution >= 0.6 is 0 Å². The lowest BCUT2D eigenvalue weighted by Gasteiger charge is -2.07. The average Bonchev–Trinajstić information content (AvgIpc) is 2.09. The molecule has 0 aliphatic rings. The van der Waals surface area contributed by atoms with E-state index in [-0.39, 0.29) is 11.6 Å². The molecule has 0 fully saturated rings. The van der Waals surface area contributed by atoms with Crippen LogP contribution in [0.2, 0.25) is 0 Å². The summed E-state index contributed by atoms with van der Waals surface area (Å²) in [6, 6.07) is 1.31. The molecule has 14 heavy (non-hydrogen) atoms. The van der Waals surface area contributed by atoms with Crippen LogP contribution in [-0.4, -0.2) is 15.8 Å². The lowest BCUT2D eigenvalue weighted by atomic mass is 10.2. The van der Waals surface area contributed by atoms with Crippen molar-refractivity contribution in [3.8, 4) is 11.6 Å². The van der Waals surface area contributed by atoms with Crippen molar-refractivity contribution in [2.24, 2.45) is 12.8 Å². The first-order valence-corrected chi connectivity index (χ1v) is 3.80. The van der Waals surface area contributed by atoms with E-state index in [4.69, 9.17) is 5.73 Å². The molecule has 0 spiro atoms. The number of carbonyl (C=O) groups is 1. The molecule has 0 saturated carbocycles. The highest BCUT2D eigenvalue weighted by Gasteiger charge is 2.12. The molecule has 1 aromatic heterocycles. The Morgan fingerprint density at radius 2 is 2.21 bits per heavy atom. The van der Waals surface area contributed by atoms with Crippen LogP contribution in [0.4, 0.5) is 4.79 Å². The Kier molecular flexibility index (Phi) is 2.46. The molecule has 1 amide bonds. The summed E-state index contributed by atoms with van der Waals surface area (Å²) in [7, 11) is 1.35. The SMILES string of the molecule is Cc1cc(O)n(C)c(=O)c1OC(N)=O. The van der Waals surface area contributed by atoms with Gasteiger partial charge in [0.1, 0.15) is 0 Å². The smallest absolute Gasteiger partial charge is 0.410 e. The van der Waals surface area contributed by atoms with Gasteiger partial charge in [0, 0.05) is 18.7 Å². The number of hydrogen-bond acceptors (Lipinski definition) is 4. The van der Waals surface area contributed by atoms with Crippen LogP contribution in [0.15, 0.2) is 10.9 Å². The number of ether oxygens (including phenoxy) is 1. The molecule has 3 N–H and O–H groups in total. The van der Waals surface area contributed by atoms with Crippen LogP contribution in [0.25, 0.3) is 0 Å². The number of rotatable bonds is 1. The summed E-state index contributed by atoms with van der Waals surface area (Å²) in [5, 5.41) is 9.23. The van der Waals surface area contributed by atoms with E-state index in [2.05, 4.69) is 4.74 Å². The fourth-order valence-corrected chi connectivity index (χ4v) is 1.01. The van der Waals surface area contributed by atoms with E-state index in [1.54, 1.807) is 0 Å². The van der Waals surface area contributed by atoms with Gasteiger partial charge >= 0.3 is 6.09 Å². The Bertz CT molecular complexity index is 436. The molecule has 6 nitrogen and oxygen atoms in total. The van der Waals surface area contributed by atoms with Gasteiger partial charge in [-0.25, -0.2) is 4.79 Å². The van der Waals surface area contributed by atoms with Gasteiger partial charge in [-0.1, -0.05) is 0 Å². The maximum atomic E-state index is 11.4. The first-order valence-electron chi connectivity index (χ1n) is 3.80. The maximum Gasteiger partial charge on any atom is 0.410 e. The molecule has 0 bridgehead atoms. The second-order valence-corrected chi connectivity index (χ2v) is 2.80. The number of carbonyl (C=O) groups excluding carboxylic acids is 1. The van der Waals surface area contributed by atoms with Crippen LogP contribution in [-0.2, 0) is 7.05 Å². The van der Waals surface area contributed by atoms with Gasteiger partial charge in [0.25, 0.3) is 5.56 Å². The Morgan fingerprint density at radius 1 is 1.64 bits per heavy atom. The number of pyridine rings is 1. The third-order valence-electron chi connectivity index (χ3n) is 1.75. The van der Waals surface area contributed by atoms with Crippen molar-refractivity contribution in [1.29, 1.82) is 0 Å². The minimum atomic E-state index is -1.06. The van der Waals surface area contributed by atoms with Crippen LogP contribution in [0.3, 0.4) is 0 Å². The summed E-state index contributed by atoms with van der Waals surface area (Å²) in [5.74, 6) is -0.373. The number of aryl methyl sites for hydroxylation is 1. The molecular weight excluding hydrogens is 188 g/mol. The first kappa shape index (κ1) is 10.1. The molecule has 0 atom stereocenters. The molecule has 0 aromatic carbocycles. The van der Waals surface area contributed by atoms with Crippen molar-refractivity contribution in [3.63, 3.8) is 0 Å². The fraction of sp³-hybridized carbons (Fsp3) is 0.250. The van der Waals surface area contributed by atoms with E-state index in [0.29, 0.717) is 5.56 Å². The van der Waals surface area contributed by atoms with Gasteiger partial charge in [0.2, 0.25) is 5.75 Å². The van der Waals surface area contributed by atoms with Crippen molar-refractivity contribution in [3.05, 3.63) is 22.0 Å². The van der Waals surface area contributed by atoms with E-state index in [9.17, 15) is 14.7 Å². The van der Waals surface area contributed by atoms with Crippen LogP contribution in [0, 0.1) is 6.92 Å². The highest BCUT2D eigenvalue weighted by molar-refractivity contribution is 5.68. The summed E-state index contributed by atoms with van der Waals surface area (Å²) in [4.78, 5) is 21.9. The topological polar surface area (TPSA) is 94.6 Å². The number of hydrogen-bond donors (Lipinski definition) is 2. The molecule has 76 valence electrons. The predicted molar refractivity (Wildman–Crippen MR) is 48.3 cm³/mol. The van der Waals surface area contributed by atoms with E-state index >= 15 is 0 Å². The zero-order chi connectivity index (χ0) is 10.9. The van der Waals surface area contributed by atoms with Crippen molar-refractivity contribution in [2.45, 2.75) is 6.92 Å². The van der Waals surface area contributed by atoms with Gasteiger partial charge in [-0.15, -0.1) is 0 Å². The van der Waals surface area contributed by atoms with Crippen molar-refractivity contribution >= 4 is 6.09 Å². The molecule has 0 unspecified atom stereocenters. The van der Waals surface area contributed by atoms with Crippen LogP contribution < -0.4 is 16.0 Å². The Hall–Kier alpha value is -1.98. The van der Waals surface area contributed by atoms with E-state index in [0.717, 1.165) is 4.57 Å². The standard InChI is InChI=1S/C8H10N2O4/c1-4-3-5(11)10(2)7(12)6(4)14-8(9)13/h3,11H,1-2H3,(H2,9,13). The van der Waals surface area contributed by atoms with Crippen molar-refractivity contribution in [2.75, 3.05) is 0 Å². The predicted octanol–water partition coefficient (Wildman–Crippen LogP) is -0.143. The second-order valence-electron chi connectivity index (χ2n) is 2.80. The molecule has 0 radical (unpaired) electrons. The lowest BCUT2D eigenvalue weighted by Crippen LogP contribution is -2.25. The van der Waals surface area contributed by atoms with E-state index in [1.807, 2.05) is 0 Å². The molecule has 1 aromatic rings. The minimum Gasteiger partial charge on any atom is -0.494 e.